The van der Waals surface area contributed by atoms with E-state index in [1.54, 1.807) is 18.2 Å². The molecule has 1 N–H and O–H groups in total. The van der Waals surface area contributed by atoms with Crippen LogP contribution in [0.2, 0.25) is 10.0 Å². The van der Waals surface area contributed by atoms with Crippen LogP contribution in [0, 0.1) is 0 Å². The number of hydrogen-bond acceptors (Lipinski definition) is 1. The van der Waals surface area contributed by atoms with Crippen molar-refractivity contribution in [1.29, 1.82) is 0 Å². The van der Waals surface area contributed by atoms with E-state index < -0.39 is 0 Å². The van der Waals surface area contributed by atoms with Crippen molar-refractivity contribution in [3.63, 3.8) is 0 Å². The number of amides is 1. The first kappa shape index (κ1) is 15.9. The zero-order valence-electron chi connectivity index (χ0n) is 12.0. The average Bonchev–Trinajstić information content (AvgIpc) is 2.47. The smallest absolute Gasteiger partial charge is 0.253 e. The summed E-state index contributed by atoms with van der Waals surface area (Å²) in [5.74, 6) is 0.273. The molecule has 4 heteroatoms. The fraction of sp³-hybridized carbons (Fsp3) is 0.235. The highest BCUT2D eigenvalue weighted by Crippen LogP contribution is 2.20. The van der Waals surface area contributed by atoms with Gasteiger partial charge in [-0.2, -0.15) is 0 Å². The highest BCUT2D eigenvalue weighted by Gasteiger charge is 2.10. The van der Waals surface area contributed by atoms with Gasteiger partial charge in [-0.05, 0) is 35.2 Å². The molecule has 0 saturated carbocycles. The van der Waals surface area contributed by atoms with Gasteiger partial charge in [0.2, 0.25) is 0 Å². The van der Waals surface area contributed by atoms with Crippen LogP contribution in [-0.4, -0.2) is 5.91 Å². The molecule has 0 saturated heterocycles. The van der Waals surface area contributed by atoms with Crippen LogP contribution in [0.1, 0.15) is 41.3 Å². The second-order valence-electron chi connectivity index (χ2n) is 5.20. The summed E-state index contributed by atoms with van der Waals surface area (Å²) in [6.07, 6.45) is 0. The van der Waals surface area contributed by atoms with Crippen molar-refractivity contribution < 1.29 is 4.79 Å². The Labute approximate surface area is 135 Å². The summed E-state index contributed by atoms with van der Waals surface area (Å²) in [6.45, 7) is 4.76. The number of hydrogen-bond donors (Lipinski definition) is 1. The fourth-order valence-electron chi connectivity index (χ4n) is 1.97. The Hall–Kier alpha value is -1.51. The Kier molecular flexibility index (Phi) is 5.27. The van der Waals surface area contributed by atoms with Crippen molar-refractivity contribution in [3.05, 3.63) is 69.2 Å². The molecule has 2 aromatic rings. The number of halogens is 2. The fourth-order valence-corrected chi connectivity index (χ4v) is 2.34. The lowest BCUT2D eigenvalue weighted by molar-refractivity contribution is 0.0951. The Balaban J connectivity index is 2.02. The highest BCUT2D eigenvalue weighted by atomic mass is 35.5. The number of nitrogens with one attached hydrogen (secondary N) is 1. The van der Waals surface area contributed by atoms with E-state index in [1.165, 1.54) is 5.56 Å². The summed E-state index contributed by atoms with van der Waals surface area (Å²) in [5.41, 5.74) is 2.72. The van der Waals surface area contributed by atoms with Crippen LogP contribution in [-0.2, 0) is 6.54 Å². The monoisotopic (exact) mass is 321 g/mol. The standard InChI is InChI=1S/C17H17Cl2NO/c1-11(2)13-5-3-12(4-6-13)10-20-17(21)15-9-14(18)7-8-16(15)19/h3-9,11H,10H2,1-2H3,(H,20,21). The third-order valence-electron chi connectivity index (χ3n) is 3.27. The molecular weight excluding hydrogens is 305 g/mol. The van der Waals surface area contributed by atoms with Crippen molar-refractivity contribution in [2.45, 2.75) is 26.3 Å². The molecule has 2 aromatic carbocycles. The number of carbonyl (C=O) groups is 1. The van der Waals surface area contributed by atoms with Gasteiger partial charge in [-0.3, -0.25) is 4.79 Å². The molecule has 0 atom stereocenters. The predicted molar refractivity (Wildman–Crippen MR) is 88.2 cm³/mol. The summed E-state index contributed by atoms with van der Waals surface area (Å²) in [5, 5.41) is 3.74. The van der Waals surface area contributed by atoms with Gasteiger partial charge in [-0.25, -0.2) is 0 Å². The van der Waals surface area contributed by atoms with E-state index in [1.807, 2.05) is 12.1 Å². The van der Waals surface area contributed by atoms with Crippen LogP contribution in [0.25, 0.3) is 0 Å². The third-order valence-corrected chi connectivity index (χ3v) is 3.84. The Morgan fingerprint density at radius 3 is 2.38 bits per heavy atom. The van der Waals surface area contributed by atoms with E-state index in [-0.39, 0.29) is 5.91 Å². The van der Waals surface area contributed by atoms with Gasteiger partial charge in [0.15, 0.2) is 0 Å². The van der Waals surface area contributed by atoms with Crippen LogP contribution >= 0.6 is 23.2 Å². The van der Waals surface area contributed by atoms with Gasteiger partial charge < -0.3 is 5.32 Å². The third kappa shape index (κ3) is 4.23. The zero-order chi connectivity index (χ0) is 15.4. The van der Waals surface area contributed by atoms with Gasteiger partial charge in [0.25, 0.3) is 5.91 Å². The van der Waals surface area contributed by atoms with Gasteiger partial charge in [-0.15, -0.1) is 0 Å². The second-order valence-corrected chi connectivity index (χ2v) is 6.05. The van der Waals surface area contributed by atoms with Crippen LogP contribution < -0.4 is 5.32 Å². The molecule has 1 amide bonds. The molecule has 0 aromatic heterocycles. The second kappa shape index (κ2) is 6.97. The van der Waals surface area contributed by atoms with Gasteiger partial charge in [0.1, 0.15) is 0 Å². The van der Waals surface area contributed by atoms with E-state index in [4.69, 9.17) is 23.2 Å². The van der Waals surface area contributed by atoms with E-state index in [0.717, 1.165) is 5.56 Å². The van der Waals surface area contributed by atoms with Crippen LogP contribution in [0.4, 0.5) is 0 Å². The normalized spacial score (nSPS) is 10.7. The number of carbonyl (C=O) groups excluding carboxylic acids is 1. The first-order valence-electron chi connectivity index (χ1n) is 6.79. The molecule has 0 aliphatic heterocycles. The predicted octanol–water partition coefficient (Wildman–Crippen LogP) is 5.05. The lowest BCUT2D eigenvalue weighted by atomic mass is 10.0. The van der Waals surface area contributed by atoms with Crippen LogP contribution in [0.3, 0.4) is 0 Å². The maximum atomic E-state index is 12.1. The Morgan fingerprint density at radius 1 is 1.10 bits per heavy atom. The van der Waals surface area contributed by atoms with Gasteiger partial charge >= 0.3 is 0 Å². The summed E-state index contributed by atoms with van der Waals surface area (Å²) < 4.78 is 0. The first-order chi connectivity index (χ1) is 9.97. The summed E-state index contributed by atoms with van der Waals surface area (Å²) >= 11 is 11.9. The largest absolute Gasteiger partial charge is 0.348 e. The van der Waals surface area contributed by atoms with Crippen molar-refractivity contribution in [3.8, 4) is 0 Å². The van der Waals surface area contributed by atoms with Crippen molar-refractivity contribution >= 4 is 29.1 Å². The molecule has 2 nitrogen and oxygen atoms in total. The molecule has 0 spiro atoms. The number of benzene rings is 2. The Bertz CT molecular complexity index is 636. The van der Waals surface area contributed by atoms with Gasteiger partial charge in [-0.1, -0.05) is 61.3 Å². The lowest BCUT2D eigenvalue weighted by Gasteiger charge is -2.09. The van der Waals surface area contributed by atoms with Crippen molar-refractivity contribution in [1.82, 2.24) is 5.32 Å². The summed E-state index contributed by atoms with van der Waals surface area (Å²) in [4.78, 5) is 12.1. The van der Waals surface area contributed by atoms with Crippen LogP contribution in [0.15, 0.2) is 42.5 Å². The Morgan fingerprint density at radius 2 is 1.76 bits per heavy atom. The highest BCUT2D eigenvalue weighted by molar-refractivity contribution is 6.35. The minimum atomic E-state index is -0.226. The van der Waals surface area contributed by atoms with E-state index >= 15 is 0 Å². The minimum absolute atomic E-state index is 0.226. The topological polar surface area (TPSA) is 29.1 Å². The van der Waals surface area contributed by atoms with E-state index in [2.05, 4.69) is 31.3 Å². The summed E-state index contributed by atoms with van der Waals surface area (Å²) in [7, 11) is 0. The molecule has 0 unspecified atom stereocenters. The molecule has 0 bridgehead atoms. The zero-order valence-corrected chi connectivity index (χ0v) is 13.5. The quantitative estimate of drug-likeness (QED) is 0.839. The molecule has 0 radical (unpaired) electrons. The van der Waals surface area contributed by atoms with Crippen molar-refractivity contribution in [2.24, 2.45) is 0 Å². The maximum Gasteiger partial charge on any atom is 0.253 e. The first-order valence-corrected chi connectivity index (χ1v) is 7.55. The van der Waals surface area contributed by atoms with E-state index in [9.17, 15) is 4.79 Å². The molecule has 0 aliphatic rings. The molecule has 2 rings (SSSR count). The lowest BCUT2D eigenvalue weighted by Crippen LogP contribution is -2.23. The van der Waals surface area contributed by atoms with Crippen LogP contribution in [0.5, 0.6) is 0 Å². The molecule has 21 heavy (non-hydrogen) atoms. The van der Waals surface area contributed by atoms with Crippen molar-refractivity contribution in [2.75, 3.05) is 0 Å². The van der Waals surface area contributed by atoms with Gasteiger partial charge in [0.05, 0.1) is 10.6 Å². The maximum absolute atomic E-state index is 12.1. The molecular formula is C17H17Cl2NO. The average molecular weight is 322 g/mol. The molecule has 110 valence electrons. The van der Waals surface area contributed by atoms with Gasteiger partial charge in [0, 0.05) is 11.6 Å². The van der Waals surface area contributed by atoms with E-state index in [0.29, 0.717) is 28.1 Å². The minimum Gasteiger partial charge on any atom is -0.348 e. The summed E-state index contributed by atoms with van der Waals surface area (Å²) in [6, 6.07) is 13.1. The molecule has 0 aliphatic carbocycles. The molecule has 0 fully saturated rings. The number of rotatable bonds is 4. The molecule has 0 heterocycles. The SMILES string of the molecule is CC(C)c1ccc(CNC(=O)c2cc(Cl)ccc2Cl)cc1.